The lowest BCUT2D eigenvalue weighted by Gasteiger charge is -2.10. The normalized spacial score (nSPS) is 10.8. The number of carbonyl (C=O) groups is 1. The minimum absolute atomic E-state index is 0.239. The third kappa shape index (κ3) is 4.30. The number of Topliss-reactive ketones (excluding diaryl/α,β-unsaturated/α-hetero) is 1. The van der Waals surface area contributed by atoms with Gasteiger partial charge < -0.3 is 0 Å². The van der Waals surface area contributed by atoms with E-state index in [0.29, 0.717) is 11.5 Å². The maximum absolute atomic E-state index is 11.8. The molecule has 0 N–H and O–H groups in total. The molecule has 3 heteroatoms. The summed E-state index contributed by atoms with van der Waals surface area (Å²) >= 11 is 5.02. The van der Waals surface area contributed by atoms with Gasteiger partial charge in [0.25, 0.3) is 0 Å². The van der Waals surface area contributed by atoms with Gasteiger partial charge in [0.2, 0.25) is 0 Å². The van der Waals surface area contributed by atoms with Crippen molar-refractivity contribution in [2.24, 2.45) is 5.92 Å². The van der Waals surface area contributed by atoms with Crippen LogP contribution in [0.5, 0.6) is 0 Å². The molecule has 0 radical (unpaired) electrons. The van der Waals surface area contributed by atoms with Crippen LogP contribution in [-0.2, 0) is 4.79 Å². The van der Waals surface area contributed by atoms with Gasteiger partial charge >= 0.3 is 0 Å². The molecule has 0 aliphatic carbocycles. The highest BCUT2D eigenvalue weighted by molar-refractivity contribution is 9.10. The molecular formula is C13H17BrOS. The van der Waals surface area contributed by atoms with Gasteiger partial charge in [-0.3, -0.25) is 4.79 Å². The Morgan fingerprint density at radius 3 is 2.31 bits per heavy atom. The van der Waals surface area contributed by atoms with Crippen LogP contribution in [0.15, 0.2) is 33.6 Å². The average molecular weight is 301 g/mol. The zero-order valence-corrected chi connectivity index (χ0v) is 12.1. The molecule has 0 saturated heterocycles. The summed E-state index contributed by atoms with van der Waals surface area (Å²) < 4.78 is 1.07. The molecule has 0 amide bonds. The first-order valence-corrected chi connectivity index (χ1v) is 7.36. The molecule has 0 aliphatic heterocycles. The predicted octanol–water partition coefficient (Wildman–Crippen LogP) is 4.55. The third-order valence-electron chi connectivity index (χ3n) is 2.64. The first-order chi connectivity index (χ1) is 7.67. The van der Waals surface area contributed by atoms with Crippen molar-refractivity contribution in [3.8, 4) is 0 Å². The van der Waals surface area contributed by atoms with E-state index in [0.717, 1.165) is 22.2 Å². The summed E-state index contributed by atoms with van der Waals surface area (Å²) in [5.74, 6) is 1.20. The Morgan fingerprint density at radius 2 is 1.81 bits per heavy atom. The summed E-state index contributed by atoms with van der Waals surface area (Å²) in [6, 6.07) is 8.08. The largest absolute Gasteiger partial charge is 0.298 e. The summed E-state index contributed by atoms with van der Waals surface area (Å²) in [6.45, 7) is 4.16. The zero-order chi connectivity index (χ0) is 12.0. The van der Waals surface area contributed by atoms with Crippen molar-refractivity contribution in [3.05, 3.63) is 28.7 Å². The van der Waals surface area contributed by atoms with Crippen molar-refractivity contribution in [2.45, 2.75) is 31.6 Å². The van der Waals surface area contributed by atoms with E-state index in [-0.39, 0.29) is 5.92 Å². The van der Waals surface area contributed by atoms with Crippen molar-refractivity contribution >= 4 is 33.5 Å². The number of thioether (sulfide) groups is 1. The van der Waals surface area contributed by atoms with Crippen LogP contribution in [0, 0.1) is 5.92 Å². The number of hydrogen-bond acceptors (Lipinski definition) is 2. The number of carbonyl (C=O) groups excluding carboxylic acids is 1. The predicted molar refractivity (Wildman–Crippen MR) is 73.9 cm³/mol. The van der Waals surface area contributed by atoms with E-state index in [1.807, 2.05) is 24.3 Å². The Labute approximate surface area is 110 Å². The monoisotopic (exact) mass is 300 g/mol. The van der Waals surface area contributed by atoms with Gasteiger partial charge in [0.1, 0.15) is 5.78 Å². The summed E-state index contributed by atoms with van der Waals surface area (Å²) in [6.07, 6.45) is 1.91. The smallest absolute Gasteiger partial charge is 0.146 e. The van der Waals surface area contributed by atoms with Crippen LogP contribution in [0.1, 0.15) is 26.7 Å². The Kier molecular flexibility index (Phi) is 6.14. The highest BCUT2D eigenvalue weighted by Gasteiger charge is 2.13. The summed E-state index contributed by atoms with van der Waals surface area (Å²) in [5.41, 5.74) is 0. The van der Waals surface area contributed by atoms with Gasteiger partial charge in [-0.2, -0.15) is 0 Å². The summed E-state index contributed by atoms with van der Waals surface area (Å²) in [4.78, 5) is 13.0. The van der Waals surface area contributed by atoms with Crippen molar-refractivity contribution in [1.82, 2.24) is 0 Å². The van der Waals surface area contributed by atoms with Crippen LogP contribution < -0.4 is 0 Å². The minimum atomic E-state index is 0.239. The molecule has 0 atom stereocenters. The fourth-order valence-corrected chi connectivity index (χ4v) is 2.68. The quantitative estimate of drug-likeness (QED) is 0.717. The summed E-state index contributed by atoms with van der Waals surface area (Å²) in [7, 11) is 0. The topological polar surface area (TPSA) is 17.1 Å². The second kappa shape index (κ2) is 7.13. The van der Waals surface area contributed by atoms with Gasteiger partial charge in [-0.15, -0.1) is 11.8 Å². The molecule has 0 saturated carbocycles. The fourth-order valence-electron chi connectivity index (χ4n) is 1.55. The second-order valence-electron chi connectivity index (χ2n) is 3.72. The minimum Gasteiger partial charge on any atom is -0.298 e. The molecule has 0 unspecified atom stereocenters. The number of rotatable bonds is 6. The van der Waals surface area contributed by atoms with E-state index in [2.05, 4.69) is 29.8 Å². The molecule has 88 valence electrons. The van der Waals surface area contributed by atoms with Crippen molar-refractivity contribution in [1.29, 1.82) is 0 Å². The SMILES string of the molecule is CCC(CC)C(=O)CSc1ccc(Br)cc1. The Bertz CT molecular complexity index is 330. The van der Waals surface area contributed by atoms with E-state index in [9.17, 15) is 4.79 Å². The van der Waals surface area contributed by atoms with E-state index >= 15 is 0 Å². The molecule has 0 spiro atoms. The van der Waals surface area contributed by atoms with Gasteiger partial charge in [0.15, 0.2) is 0 Å². The van der Waals surface area contributed by atoms with Gasteiger partial charge in [-0.25, -0.2) is 0 Å². The van der Waals surface area contributed by atoms with Gasteiger partial charge in [-0.1, -0.05) is 29.8 Å². The van der Waals surface area contributed by atoms with Crippen LogP contribution in [-0.4, -0.2) is 11.5 Å². The number of halogens is 1. The van der Waals surface area contributed by atoms with Crippen LogP contribution in [0.25, 0.3) is 0 Å². The first-order valence-electron chi connectivity index (χ1n) is 5.58. The molecule has 1 nitrogen and oxygen atoms in total. The molecule has 0 aromatic heterocycles. The van der Waals surface area contributed by atoms with E-state index < -0.39 is 0 Å². The number of ketones is 1. The average Bonchev–Trinajstić information content (AvgIpc) is 2.30. The fraction of sp³-hybridized carbons (Fsp3) is 0.462. The van der Waals surface area contributed by atoms with Gasteiger partial charge in [0, 0.05) is 15.3 Å². The molecule has 1 aromatic rings. The highest BCUT2D eigenvalue weighted by atomic mass is 79.9. The molecule has 0 bridgehead atoms. The van der Waals surface area contributed by atoms with Crippen molar-refractivity contribution < 1.29 is 4.79 Å². The molecule has 0 aliphatic rings. The number of benzene rings is 1. The third-order valence-corrected chi connectivity index (χ3v) is 4.20. The Balaban J connectivity index is 2.45. The lowest BCUT2D eigenvalue weighted by molar-refractivity contribution is -0.120. The highest BCUT2D eigenvalue weighted by Crippen LogP contribution is 2.22. The maximum atomic E-state index is 11.8. The van der Waals surface area contributed by atoms with E-state index in [1.165, 1.54) is 0 Å². The van der Waals surface area contributed by atoms with Crippen LogP contribution >= 0.6 is 27.7 Å². The van der Waals surface area contributed by atoms with Crippen LogP contribution in [0.3, 0.4) is 0 Å². The molecule has 0 fully saturated rings. The maximum Gasteiger partial charge on any atom is 0.146 e. The molecule has 16 heavy (non-hydrogen) atoms. The van der Waals surface area contributed by atoms with Crippen molar-refractivity contribution in [2.75, 3.05) is 5.75 Å². The lowest BCUT2D eigenvalue weighted by Crippen LogP contribution is -2.14. The molecule has 1 aromatic carbocycles. The van der Waals surface area contributed by atoms with E-state index in [4.69, 9.17) is 0 Å². The van der Waals surface area contributed by atoms with Crippen molar-refractivity contribution in [3.63, 3.8) is 0 Å². The summed E-state index contributed by atoms with van der Waals surface area (Å²) in [5, 5.41) is 0. The van der Waals surface area contributed by atoms with Crippen LogP contribution in [0.2, 0.25) is 0 Å². The molecule has 0 heterocycles. The van der Waals surface area contributed by atoms with Crippen LogP contribution in [0.4, 0.5) is 0 Å². The second-order valence-corrected chi connectivity index (χ2v) is 5.69. The molecular weight excluding hydrogens is 284 g/mol. The molecule has 1 rings (SSSR count). The first kappa shape index (κ1) is 13.8. The van der Waals surface area contributed by atoms with Gasteiger partial charge in [-0.05, 0) is 37.1 Å². The lowest BCUT2D eigenvalue weighted by atomic mass is 10.00. The Hall–Kier alpha value is -0.280. The van der Waals surface area contributed by atoms with E-state index in [1.54, 1.807) is 11.8 Å². The zero-order valence-electron chi connectivity index (χ0n) is 9.70. The Morgan fingerprint density at radius 1 is 1.25 bits per heavy atom. The number of hydrogen-bond donors (Lipinski definition) is 0. The standard InChI is InChI=1S/C13H17BrOS/c1-3-10(4-2)13(15)9-16-12-7-5-11(14)6-8-12/h5-8,10H,3-4,9H2,1-2H3. The van der Waals surface area contributed by atoms with Gasteiger partial charge in [0.05, 0.1) is 5.75 Å².